The molecule has 30 heavy (non-hydrogen) atoms. The number of carbonyl (C=O) groups excluding carboxylic acids is 1. The summed E-state index contributed by atoms with van der Waals surface area (Å²) in [6.07, 6.45) is 1.44. The van der Waals surface area contributed by atoms with Gasteiger partial charge in [-0.2, -0.15) is 0 Å². The average Bonchev–Trinajstić information content (AvgIpc) is 2.78. The molecule has 0 N–H and O–H groups in total. The van der Waals surface area contributed by atoms with Crippen molar-refractivity contribution in [1.82, 2.24) is 0 Å². The summed E-state index contributed by atoms with van der Waals surface area (Å²) in [5.74, 6) is 1.96. The first-order chi connectivity index (χ1) is 14.6. The highest BCUT2D eigenvalue weighted by Gasteiger charge is 2.15. The first kappa shape index (κ1) is 21.2. The standard InChI is InChI=1S/C25H26O5/c1-27-22-16-19(17-23(28-2)25(22)29-3)13-14-24(26)30-21-12-8-7-11-20(21)15-18-9-5-4-6-10-18/h4-12,16-17H,13-15H2,1-3H3. The zero-order valence-corrected chi connectivity index (χ0v) is 17.5. The minimum atomic E-state index is -0.288. The Hall–Kier alpha value is -3.47. The van der Waals surface area contributed by atoms with E-state index in [1.54, 1.807) is 21.3 Å². The molecule has 0 heterocycles. The molecule has 0 aliphatic carbocycles. The number of esters is 1. The highest BCUT2D eigenvalue weighted by atomic mass is 16.5. The van der Waals surface area contributed by atoms with Gasteiger partial charge < -0.3 is 18.9 Å². The first-order valence-corrected chi connectivity index (χ1v) is 9.76. The summed E-state index contributed by atoms with van der Waals surface area (Å²) in [5, 5.41) is 0. The summed E-state index contributed by atoms with van der Waals surface area (Å²) in [6, 6.07) is 21.4. The average molecular weight is 406 g/mol. The van der Waals surface area contributed by atoms with Crippen LogP contribution in [0.4, 0.5) is 0 Å². The van der Waals surface area contributed by atoms with Crippen LogP contribution in [0.1, 0.15) is 23.1 Å². The molecule has 156 valence electrons. The minimum Gasteiger partial charge on any atom is -0.493 e. The van der Waals surface area contributed by atoms with Crippen LogP contribution in [0.15, 0.2) is 66.7 Å². The van der Waals surface area contributed by atoms with Gasteiger partial charge >= 0.3 is 5.97 Å². The van der Waals surface area contributed by atoms with Crippen molar-refractivity contribution < 1.29 is 23.7 Å². The van der Waals surface area contributed by atoms with Crippen LogP contribution in [-0.4, -0.2) is 27.3 Å². The van der Waals surface area contributed by atoms with Gasteiger partial charge in [-0.15, -0.1) is 0 Å². The monoisotopic (exact) mass is 406 g/mol. The van der Waals surface area contributed by atoms with Crippen molar-refractivity contribution in [1.29, 1.82) is 0 Å². The summed E-state index contributed by atoms with van der Waals surface area (Å²) >= 11 is 0. The Morgan fingerprint density at radius 3 is 2.00 bits per heavy atom. The van der Waals surface area contributed by atoms with Crippen molar-refractivity contribution >= 4 is 5.97 Å². The number of aryl methyl sites for hydroxylation is 1. The molecule has 3 rings (SSSR count). The van der Waals surface area contributed by atoms with Gasteiger partial charge in [0, 0.05) is 12.8 Å². The fourth-order valence-corrected chi connectivity index (χ4v) is 3.27. The van der Waals surface area contributed by atoms with Gasteiger partial charge in [-0.05, 0) is 41.3 Å². The SMILES string of the molecule is COc1cc(CCC(=O)Oc2ccccc2Cc2ccccc2)cc(OC)c1OC. The fourth-order valence-electron chi connectivity index (χ4n) is 3.27. The van der Waals surface area contributed by atoms with Crippen LogP contribution in [0.5, 0.6) is 23.0 Å². The third-order valence-corrected chi connectivity index (χ3v) is 4.78. The lowest BCUT2D eigenvalue weighted by Crippen LogP contribution is -2.10. The Kier molecular flexibility index (Phi) is 7.33. The predicted octanol–water partition coefficient (Wildman–Crippen LogP) is 4.84. The van der Waals surface area contributed by atoms with Gasteiger partial charge in [0.1, 0.15) is 5.75 Å². The number of benzene rings is 3. The van der Waals surface area contributed by atoms with E-state index < -0.39 is 0 Å². The Labute approximate surface area is 177 Å². The van der Waals surface area contributed by atoms with E-state index in [9.17, 15) is 4.79 Å². The van der Waals surface area contributed by atoms with Gasteiger partial charge in [-0.25, -0.2) is 0 Å². The van der Waals surface area contributed by atoms with E-state index >= 15 is 0 Å². The molecule has 0 radical (unpaired) electrons. The number of hydrogen-bond acceptors (Lipinski definition) is 5. The van der Waals surface area contributed by atoms with E-state index in [0.717, 1.165) is 11.1 Å². The van der Waals surface area contributed by atoms with E-state index in [0.29, 0.717) is 35.8 Å². The quantitative estimate of drug-likeness (QED) is 0.376. The van der Waals surface area contributed by atoms with Gasteiger partial charge in [0.2, 0.25) is 5.75 Å². The lowest BCUT2D eigenvalue weighted by atomic mass is 10.0. The van der Waals surface area contributed by atoms with Crippen molar-refractivity contribution in [2.45, 2.75) is 19.3 Å². The van der Waals surface area contributed by atoms with Gasteiger partial charge in [0.05, 0.1) is 21.3 Å². The van der Waals surface area contributed by atoms with Crippen molar-refractivity contribution in [3.8, 4) is 23.0 Å². The summed E-state index contributed by atoms with van der Waals surface area (Å²) in [7, 11) is 4.70. The number of rotatable bonds is 9. The highest BCUT2D eigenvalue weighted by Crippen LogP contribution is 2.38. The number of hydrogen-bond donors (Lipinski definition) is 0. The van der Waals surface area contributed by atoms with Crippen molar-refractivity contribution in [3.05, 3.63) is 83.4 Å². The molecule has 0 amide bonds. The molecular formula is C25H26O5. The maximum Gasteiger partial charge on any atom is 0.311 e. The second kappa shape index (κ2) is 10.3. The molecule has 0 fully saturated rings. The largest absolute Gasteiger partial charge is 0.493 e. The zero-order valence-electron chi connectivity index (χ0n) is 17.5. The molecule has 0 aliphatic heterocycles. The number of ether oxygens (including phenoxy) is 4. The summed E-state index contributed by atoms with van der Waals surface area (Å²) in [4.78, 5) is 12.5. The molecule has 0 atom stereocenters. The Balaban J connectivity index is 1.67. The molecular weight excluding hydrogens is 380 g/mol. The zero-order chi connectivity index (χ0) is 21.3. The molecule has 0 unspecified atom stereocenters. The number of carbonyl (C=O) groups is 1. The first-order valence-electron chi connectivity index (χ1n) is 9.76. The topological polar surface area (TPSA) is 54.0 Å². The maximum atomic E-state index is 12.5. The Morgan fingerprint density at radius 1 is 0.733 bits per heavy atom. The predicted molar refractivity (Wildman–Crippen MR) is 116 cm³/mol. The second-order valence-corrected chi connectivity index (χ2v) is 6.78. The highest BCUT2D eigenvalue weighted by molar-refractivity contribution is 5.73. The normalized spacial score (nSPS) is 10.4. The minimum absolute atomic E-state index is 0.234. The van der Waals surface area contributed by atoms with Gasteiger partial charge in [-0.3, -0.25) is 4.79 Å². The molecule has 0 aromatic heterocycles. The molecule has 3 aromatic rings. The summed E-state index contributed by atoms with van der Waals surface area (Å²) in [6.45, 7) is 0. The molecule has 5 nitrogen and oxygen atoms in total. The molecule has 0 saturated heterocycles. The lowest BCUT2D eigenvalue weighted by molar-refractivity contribution is -0.134. The molecule has 0 spiro atoms. The van der Waals surface area contributed by atoms with E-state index in [4.69, 9.17) is 18.9 Å². The molecule has 3 aromatic carbocycles. The van der Waals surface area contributed by atoms with Crippen LogP contribution in [0, 0.1) is 0 Å². The number of methoxy groups -OCH3 is 3. The van der Waals surface area contributed by atoms with Crippen LogP contribution >= 0.6 is 0 Å². The lowest BCUT2D eigenvalue weighted by Gasteiger charge is -2.14. The number of para-hydroxylation sites is 1. The van der Waals surface area contributed by atoms with Gasteiger partial charge in [0.25, 0.3) is 0 Å². The van der Waals surface area contributed by atoms with E-state index in [2.05, 4.69) is 12.1 Å². The van der Waals surface area contributed by atoms with Crippen LogP contribution < -0.4 is 18.9 Å². The third-order valence-electron chi connectivity index (χ3n) is 4.78. The molecule has 0 saturated carbocycles. The van der Waals surface area contributed by atoms with Crippen LogP contribution in [-0.2, 0) is 17.6 Å². The smallest absolute Gasteiger partial charge is 0.311 e. The molecule has 0 aliphatic rings. The fraction of sp³-hybridized carbons (Fsp3) is 0.240. The van der Waals surface area contributed by atoms with Crippen molar-refractivity contribution in [2.24, 2.45) is 0 Å². The van der Waals surface area contributed by atoms with Crippen LogP contribution in [0.25, 0.3) is 0 Å². The molecule has 0 bridgehead atoms. The summed E-state index contributed by atoms with van der Waals surface area (Å²) in [5.41, 5.74) is 3.04. The Bertz CT molecular complexity index is 957. The summed E-state index contributed by atoms with van der Waals surface area (Å²) < 4.78 is 21.8. The van der Waals surface area contributed by atoms with Crippen LogP contribution in [0.2, 0.25) is 0 Å². The second-order valence-electron chi connectivity index (χ2n) is 6.78. The van der Waals surface area contributed by atoms with Crippen LogP contribution in [0.3, 0.4) is 0 Å². The van der Waals surface area contributed by atoms with Crippen molar-refractivity contribution in [3.63, 3.8) is 0 Å². The Morgan fingerprint density at radius 2 is 1.37 bits per heavy atom. The van der Waals surface area contributed by atoms with Gasteiger partial charge in [-0.1, -0.05) is 48.5 Å². The van der Waals surface area contributed by atoms with E-state index in [-0.39, 0.29) is 12.4 Å². The van der Waals surface area contributed by atoms with E-state index in [1.165, 1.54) is 5.56 Å². The van der Waals surface area contributed by atoms with Gasteiger partial charge in [0.15, 0.2) is 11.5 Å². The maximum absolute atomic E-state index is 12.5. The third kappa shape index (κ3) is 5.32. The molecule has 5 heteroatoms. The van der Waals surface area contributed by atoms with Crippen molar-refractivity contribution in [2.75, 3.05) is 21.3 Å². The van der Waals surface area contributed by atoms with E-state index in [1.807, 2.05) is 54.6 Å².